The summed E-state index contributed by atoms with van der Waals surface area (Å²) in [4.78, 5) is 23.1. The molecule has 0 spiro atoms. The van der Waals surface area contributed by atoms with Crippen LogP contribution < -0.4 is 5.32 Å². The van der Waals surface area contributed by atoms with E-state index < -0.39 is 10.2 Å². The summed E-state index contributed by atoms with van der Waals surface area (Å²) in [7, 11) is -1.77. The second-order valence-corrected chi connectivity index (χ2v) is 9.39. The van der Waals surface area contributed by atoms with E-state index in [0.29, 0.717) is 51.4 Å². The number of carbonyl (C=O) groups is 1. The molecule has 0 radical (unpaired) electrons. The van der Waals surface area contributed by atoms with Gasteiger partial charge >= 0.3 is 0 Å². The number of nitrogens with one attached hydrogen (secondary N) is 1. The van der Waals surface area contributed by atoms with Gasteiger partial charge in [-0.2, -0.15) is 17.0 Å². The Kier molecular flexibility index (Phi) is 6.75. The summed E-state index contributed by atoms with van der Waals surface area (Å²) in [6, 6.07) is -0.389. The highest BCUT2D eigenvalue weighted by Gasteiger charge is 2.38. The molecule has 1 atom stereocenters. The van der Waals surface area contributed by atoms with Gasteiger partial charge in [-0.05, 0) is 19.3 Å². The minimum Gasteiger partial charge on any atom is -0.373 e. The quantitative estimate of drug-likeness (QED) is 0.744. The summed E-state index contributed by atoms with van der Waals surface area (Å²) in [5, 5.41) is 3.14. The van der Waals surface area contributed by atoms with Gasteiger partial charge in [0.15, 0.2) is 0 Å². The van der Waals surface area contributed by atoms with Crippen molar-refractivity contribution in [3.63, 3.8) is 0 Å². The van der Waals surface area contributed by atoms with Crippen molar-refractivity contribution in [3.8, 4) is 0 Å². The van der Waals surface area contributed by atoms with Gasteiger partial charge in [0.25, 0.3) is 10.2 Å². The van der Waals surface area contributed by atoms with Crippen LogP contribution in [-0.4, -0.2) is 71.0 Å². The SMILES string of the molecule is CCN(CC)S(=O)(=O)N1CCCCC1c1nc2c(c(NC)n1)CCN(C(C)=O)C2. The van der Waals surface area contributed by atoms with Crippen molar-refractivity contribution in [2.24, 2.45) is 0 Å². The normalized spacial score (nSPS) is 20.6. The average molecular weight is 425 g/mol. The van der Waals surface area contributed by atoms with Crippen molar-refractivity contribution in [2.75, 3.05) is 38.5 Å². The van der Waals surface area contributed by atoms with E-state index in [4.69, 9.17) is 9.97 Å². The van der Waals surface area contributed by atoms with E-state index in [2.05, 4.69) is 5.32 Å². The molecule has 2 aliphatic heterocycles. The lowest BCUT2D eigenvalue weighted by atomic mass is 10.0. The first-order valence-electron chi connectivity index (χ1n) is 10.4. The molecule has 0 bridgehead atoms. The third-order valence-electron chi connectivity index (χ3n) is 5.84. The molecule has 1 fully saturated rings. The Balaban J connectivity index is 2.01. The van der Waals surface area contributed by atoms with Crippen molar-refractivity contribution in [3.05, 3.63) is 17.1 Å². The summed E-state index contributed by atoms with van der Waals surface area (Å²) >= 11 is 0. The van der Waals surface area contributed by atoms with E-state index in [0.717, 1.165) is 29.9 Å². The first-order chi connectivity index (χ1) is 13.8. The number of nitrogens with zero attached hydrogens (tertiary/aromatic N) is 5. The van der Waals surface area contributed by atoms with Gasteiger partial charge in [0.1, 0.15) is 11.6 Å². The highest BCUT2D eigenvalue weighted by atomic mass is 32.2. The number of fused-ring (bicyclic) bond motifs is 1. The van der Waals surface area contributed by atoms with Gasteiger partial charge in [0.05, 0.1) is 18.3 Å². The molecule has 1 saturated heterocycles. The Morgan fingerprint density at radius 3 is 2.55 bits per heavy atom. The van der Waals surface area contributed by atoms with Crippen LogP contribution in [0.15, 0.2) is 0 Å². The molecule has 0 aliphatic carbocycles. The lowest BCUT2D eigenvalue weighted by Crippen LogP contribution is -2.47. The molecular formula is C19H32N6O3S. The molecule has 29 heavy (non-hydrogen) atoms. The zero-order valence-electron chi connectivity index (χ0n) is 17.8. The van der Waals surface area contributed by atoms with Crippen molar-refractivity contribution < 1.29 is 13.2 Å². The van der Waals surface area contributed by atoms with Crippen LogP contribution in [0, 0.1) is 0 Å². The van der Waals surface area contributed by atoms with Gasteiger partial charge in [-0.25, -0.2) is 9.97 Å². The Hall–Kier alpha value is -1.78. The molecule has 1 N–H and O–H groups in total. The second-order valence-electron chi connectivity index (χ2n) is 7.51. The maximum absolute atomic E-state index is 13.2. The van der Waals surface area contributed by atoms with Crippen LogP contribution in [0.2, 0.25) is 0 Å². The molecule has 3 rings (SSSR count). The number of anilines is 1. The first-order valence-corrected chi connectivity index (χ1v) is 11.8. The molecular weight excluding hydrogens is 392 g/mol. The van der Waals surface area contributed by atoms with Gasteiger partial charge in [0.2, 0.25) is 5.91 Å². The van der Waals surface area contributed by atoms with E-state index in [9.17, 15) is 13.2 Å². The third kappa shape index (κ3) is 4.24. The van der Waals surface area contributed by atoms with Gasteiger partial charge in [-0.3, -0.25) is 4.79 Å². The lowest BCUT2D eigenvalue weighted by molar-refractivity contribution is -0.129. The number of hydrogen-bond acceptors (Lipinski definition) is 6. The summed E-state index contributed by atoms with van der Waals surface area (Å²) in [5.41, 5.74) is 1.83. The standard InChI is InChI=1S/C19H32N6O3S/c1-5-24(6-2)29(27,28)25-11-8-7-9-17(25)19-21-16-13-23(14(3)26)12-10-15(16)18(20-4)22-19/h17H,5-13H2,1-4H3,(H,20,21,22). The molecule has 0 aromatic carbocycles. The number of carbonyl (C=O) groups excluding carboxylic acids is 1. The first kappa shape index (κ1) is 21.9. The van der Waals surface area contributed by atoms with Crippen molar-refractivity contribution in [1.29, 1.82) is 0 Å². The summed E-state index contributed by atoms with van der Waals surface area (Å²) in [6.45, 7) is 7.68. The Morgan fingerprint density at radius 1 is 1.21 bits per heavy atom. The minimum absolute atomic E-state index is 0.0187. The zero-order chi connectivity index (χ0) is 21.2. The largest absolute Gasteiger partial charge is 0.373 e. The summed E-state index contributed by atoms with van der Waals surface area (Å²) < 4.78 is 29.5. The molecule has 1 aromatic rings. The predicted octanol–water partition coefficient (Wildman–Crippen LogP) is 1.54. The Morgan fingerprint density at radius 2 is 1.93 bits per heavy atom. The Bertz CT molecular complexity index is 856. The Labute approximate surface area is 173 Å². The highest BCUT2D eigenvalue weighted by molar-refractivity contribution is 7.86. The van der Waals surface area contributed by atoms with E-state index in [1.54, 1.807) is 16.1 Å². The van der Waals surface area contributed by atoms with E-state index in [-0.39, 0.29) is 11.9 Å². The molecule has 2 aliphatic rings. The van der Waals surface area contributed by atoms with Crippen LogP contribution >= 0.6 is 0 Å². The van der Waals surface area contributed by atoms with Gasteiger partial charge in [-0.1, -0.05) is 20.3 Å². The predicted molar refractivity (Wildman–Crippen MR) is 112 cm³/mol. The molecule has 9 nitrogen and oxygen atoms in total. The van der Waals surface area contributed by atoms with E-state index in [1.165, 1.54) is 4.31 Å². The zero-order valence-corrected chi connectivity index (χ0v) is 18.6. The summed E-state index contributed by atoms with van der Waals surface area (Å²) in [6.07, 6.45) is 3.15. The lowest BCUT2D eigenvalue weighted by Gasteiger charge is -2.37. The topological polar surface area (TPSA) is 98.7 Å². The smallest absolute Gasteiger partial charge is 0.282 e. The fourth-order valence-corrected chi connectivity index (χ4v) is 6.04. The second kappa shape index (κ2) is 8.93. The maximum Gasteiger partial charge on any atom is 0.282 e. The summed E-state index contributed by atoms with van der Waals surface area (Å²) in [5.74, 6) is 1.28. The molecule has 1 aromatic heterocycles. The van der Waals surface area contributed by atoms with E-state index in [1.807, 2.05) is 20.9 Å². The number of piperidine rings is 1. The monoisotopic (exact) mass is 424 g/mol. The number of amides is 1. The van der Waals surface area contributed by atoms with Crippen LogP contribution in [0.4, 0.5) is 5.82 Å². The van der Waals surface area contributed by atoms with Gasteiger partial charge < -0.3 is 10.2 Å². The number of aromatic nitrogens is 2. The fourth-order valence-electron chi connectivity index (χ4n) is 4.21. The van der Waals surface area contributed by atoms with Crippen molar-refractivity contribution in [2.45, 2.75) is 59.0 Å². The average Bonchev–Trinajstić information content (AvgIpc) is 2.73. The third-order valence-corrected chi connectivity index (χ3v) is 8.04. The molecule has 1 amide bonds. The van der Waals surface area contributed by atoms with Crippen molar-refractivity contribution >= 4 is 21.9 Å². The fraction of sp³-hybridized carbons (Fsp3) is 0.737. The number of rotatable bonds is 6. The number of hydrogen-bond donors (Lipinski definition) is 1. The highest BCUT2D eigenvalue weighted by Crippen LogP contribution is 2.34. The van der Waals surface area contributed by atoms with Gasteiger partial charge in [-0.15, -0.1) is 0 Å². The van der Waals surface area contributed by atoms with Crippen LogP contribution in [0.1, 0.15) is 63.2 Å². The molecule has 162 valence electrons. The van der Waals surface area contributed by atoms with Crippen LogP contribution in [0.5, 0.6) is 0 Å². The van der Waals surface area contributed by atoms with Crippen molar-refractivity contribution in [1.82, 2.24) is 23.5 Å². The molecule has 0 saturated carbocycles. The van der Waals surface area contributed by atoms with Gasteiger partial charge in [0, 0.05) is 45.7 Å². The maximum atomic E-state index is 13.2. The molecule has 10 heteroatoms. The van der Waals surface area contributed by atoms with Crippen LogP contribution in [-0.2, 0) is 28.0 Å². The van der Waals surface area contributed by atoms with E-state index >= 15 is 0 Å². The molecule has 3 heterocycles. The van der Waals surface area contributed by atoms with Crippen LogP contribution in [0.3, 0.4) is 0 Å². The minimum atomic E-state index is -3.58. The van der Waals surface area contributed by atoms with Crippen LogP contribution in [0.25, 0.3) is 0 Å². The molecule has 1 unspecified atom stereocenters.